The van der Waals surface area contributed by atoms with E-state index in [0.29, 0.717) is 17.4 Å². The molecule has 0 radical (unpaired) electrons. The van der Waals surface area contributed by atoms with Crippen LogP contribution in [0.15, 0.2) is 51.6 Å². The lowest BCUT2D eigenvalue weighted by atomic mass is 10.1. The van der Waals surface area contributed by atoms with E-state index in [1.807, 2.05) is 63.4 Å². The number of aromatic nitrogens is 3. The van der Waals surface area contributed by atoms with Gasteiger partial charge in [-0.25, -0.2) is 0 Å². The van der Waals surface area contributed by atoms with E-state index in [1.54, 1.807) is 4.57 Å². The van der Waals surface area contributed by atoms with Crippen molar-refractivity contribution in [3.63, 3.8) is 0 Å². The van der Waals surface area contributed by atoms with Crippen LogP contribution in [0.5, 0.6) is 0 Å². The summed E-state index contributed by atoms with van der Waals surface area (Å²) < 4.78 is 8.17. The van der Waals surface area contributed by atoms with Crippen molar-refractivity contribution >= 4 is 21.8 Å². The van der Waals surface area contributed by atoms with Gasteiger partial charge in [-0.05, 0) is 57.2 Å². The average Bonchev–Trinajstić information content (AvgIpc) is 3.14. The first-order valence-corrected chi connectivity index (χ1v) is 8.67. The van der Waals surface area contributed by atoms with Gasteiger partial charge < -0.3 is 14.4 Å². The highest BCUT2D eigenvalue weighted by Crippen LogP contribution is 2.24. The number of nitrogens with one attached hydrogen (secondary N) is 1. The number of benzene rings is 1. The van der Waals surface area contributed by atoms with Gasteiger partial charge in [0.15, 0.2) is 0 Å². The van der Waals surface area contributed by atoms with E-state index >= 15 is 0 Å². The van der Waals surface area contributed by atoms with E-state index in [2.05, 4.69) is 31.4 Å². The fourth-order valence-corrected chi connectivity index (χ4v) is 2.67. The normalized spacial score (nSPS) is 11.5. The largest absolute Gasteiger partial charge is 0.350 e. The van der Waals surface area contributed by atoms with Crippen LogP contribution in [0.4, 0.5) is 0 Å². The van der Waals surface area contributed by atoms with Gasteiger partial charge in [0.05, 0.1) is 0 Å². The summed E-state index contributed by atoms with van der Waals surface area (Å²) >= 11 is 3.40. The number of hydrogen-bond acceptors (Lipinski definition) is 4. The van der Waals surface area contributed by atoms with Gasteiger partial charge in [0.2, 0.25) is 11.7 Å². The van der Waals surface area contributed by atoms with Crippen molar-refractivity contribution in [3.05, 3.63) is 47.1 Å². The van der Waals surface area contributed by atoms with Gasteiger partial charge in [-0.2, -0.15) is 4.98 Å². The van der Waals surface area contributed by atoms with Gasteiger partial charge in [0.25, 0.3) is 5.89 Å². The molecule has 25 heavy (non-hydrogen) atoms. The van der Waals surface area contributed by atoms with Crippen LogP contribution in [0.2, 0.25) is 0 Å². The van der Waals surface area contributed by atoms with Crippen LogP contribution in [-0.2, 0) is 11.3 Å². The monoisotopic (exact) mass is 402 g/mol. The number of hydrogen-bond donors (Lipinski definition) is 1. The van der Waals surface area contributed by atoms with Crippen molar-refractivity contribution in [2.75, 3.05) is 0 Å². The molecule has 2 heterocycles. The fourth-order valence-electron chi connectivity index (χ4n) is 2.40. The number of nitrogens with zero attached hydrogens (tertiary/aromatic N) is 3. The molecule has 0 aliphatic rings. The molecule has 0 saturated carbocycles. The molecule has 7 heteroatoms. The predicted molar refractivity (Wildman–Crippen MR) is 98.8 cm³/mol. The molecular formula is C18H19BrN4O2. The first-order chi connectivity index (χ1) is 11.8. The molecule has 1 amide bonds. The van der Waals surface area contributed by atoms with E-state index in [0.717, 1.165) is 10.0 Å². The molecule has 0 saturated heterocycles. The number of amides is 1. The third kappa shape index (κ3) is 4.36. The second-order valence-electron chi connectivity index (χ2n) is 6.75. The Morgan fingerprint density at radius 2 is 1.96 bits per heavy atom. The standard InChI is InChI=1S/C18H19BrN4O2/c1-18(2,3)21-15(24)11-23-10-4-5-14(23)17-20-16(22-25-17)12-6-8-13(19)9-7-12/h4-10H,11H2,1-3H3,(H,21,24). The lowest BCUT2D eigenvalue weighted by Gasteiger charge is -2.20. The summed E-state index contributed by atoms with van der Waals surface area (Å²) in [5.41, 5.74) is 1.30. The Bertz CT molecular complexity index is 875. The Morgan fingerprint density at radius 1 is 1.24 bits per heavy atom. The number of carbonyl (C=O) groups is 1. The fraction of sp³-hybridized carbons (Fsp3) is 0.278. The second-order valence-corrected chi connectivity index (χ2v) is 7.67. The quantitative estimate of drug-likeness (QED) is 0.718. The SMILES string of the molecule is CC(C)(C)NC(=O)Cn1cccc1-c1nc(-c2ccc(Br)cc2)no1. The van der Waals surface area contributed by atoms with Gasteiger partial charge in [-0.3, -0.25) is 4.79 Å². The van der Waals surface area contributed by atoms with Crippen molar-refractivity contribution in [2.45, 2.75) is 32.9 Å². The van der Waals surface area contributed by atoms with Crippen LogP contribution in [0, 0.1) is 0 Å². The first kappa shape index (κ1) is 17.4. The predicted octanol–water partition coefficient (Wildman–Crippen LogP) is 3.88. The summed E-state index contributed by atoms with van der Waals surface area (Å²) in [6, 6.07) is 11.4. The maximum absolute atomic E-state index is 12.2. The van der Waals surface area contributed by atoms with E-state index < -0.39 is 0 Å². The van der Waals surface area contributed by atoms with E-state index in [9.17, 15) is 4.79 Å². The highest BCUT2D eigenvalue weighted by molar-refractivity contribution is 9.10. The molecule has 1 aromatic carbocycles. The van der Waals surface area contributed by atoms with Crippen molar-refractivity contribution in [2.24, 2.45) is 0 Å². The second kappa shape index (κ2) is 6.84. The molecule has 0 fully saturated rings. The topological polar surface area (TPSA) is 73.0 Å². The number of carbonyl (C=O) groups excluding carboxylic acids is 1. The van der Waals surface area contributed by atoms with Crippen LogP contribution >= 0.6 is 15.9 Å². The highest BCUT2D eigenvalue weighted by Gasteiger charge is 2.18. The Hall–Kier alpha value is -2.41. The first-order valence-electron chi connectivity index (χ1n) is 7.88. The van der Waals surface area contributed by atoms with Crippen molar-refractivity contribution in [1.29, 1.82) is 0 Å². The molecule has 3 aromatic rings. The van der Waals surface area contributed by atoms with Crippen molar-refractivity contribution in [3.8, 4) is 23.0 Å². The Balaban J connectivity index is 1.81. The molecule has 130 valence electrons. The van der Waals surface area contributed by atoms with E-state index in [4.69, 9.17) is 4.52 Å². The van der Waals surface area contributed by atoms with Gasteiger partial charge in [0, 0.05) is 21.8 Å². The van der Waals surface area contributed by atoms with Crippen LogP contribution in [-0.4, -0.2) is 26.2 Å². The third-order valence-electron chi connectivity index (χ3n) is 3.41. The van der Waals surface area contributed by atoms with Crippen LogP contribution in [0.1, 0.15) is 20.8 Å². The van der Waals surface area contributed by atoms with Crippen LogP contribution < -0.4 is 5.32 Å². The van der Waals surface area contributed by atoms with Gasteiger partial charge >= 0.3 is 0 Å². The smallest absolute Gasteiger partial charge is 0.274 e. The average molecular weight is 403 g/mol. The molecule has 0 bridgehead atoms. The van der Waals surface area contributed by atoms with Crippen LogP contribution in [0.3, 0.4) is 0 Å². The summed E-state index contributed by atoms with van der Waals surface area (Å²) in [7, 11) is 0. The minimum absolute atomic E-state index is 0.0717. The van der Waals surface area contributed by atoms with Crippen LogP contribution in [0.25, 0.3) is 23.0 Å². The Labute approximate surface area is 154 Å². The molecule has 2 aromatic heterocycles. The number of rotatable bonds is 4. The molecule has 0 aliphatic heterocycles. The Kier molecular flexibility index (Phi) is 4.76. The summed E-state index contributed by atoms with van der Waals surface area (Å²) in [6.45, 7) is 6.04. The van der Waals surface area contributed by atoms with Gasteiger partial charge in [-0.15, -0.1) is 0 Å². The zero-order chi connectivity index (χ0) is 18.0. The lowest BCUT2D eigenvalue weighted by Crippen LogP contribution is -2.42. The summed E-state index contributed by atoms with van der Waals surface area (Å²) in [6.07, 6.45) is 1.82. The minimum Gasteiger partial charge on any atom is -0.350 e. The summed E-state index contributed by atoms with van der Waals surface area (Å²) in [5.74, 6) is 0.818. The maximum atomic E-state index is 12.2. The zero-order valence-electron chi connectivity index (χ0n) is 14.3. The number of halogens is 1. The van der Waals surface area contributed by atoms with Crippen molar-refractivity contribution < 1.29 is 9.32 Å². The van der Waals surface area contributed by atoms with Gasteiger partial charge in [-0.1, -0.05) is 21.1 Å². The highest BCUT2D eigenvalue weighted by atomic mass is 79.9. The molecule has 0 spiro atoms. The zero-order valence-corrected chi connectivity index (χ0v) is 15.9. The molecule has 1 N–H and O–H groups in total. The third-order valence-corrected chi connectivity index (χ3v) is 3.93. The maximum Gasteiger partial charge on any atom is 0.274 e. The van der Waals surface area contributed by atoms with E-state index in [-0.39, 0.29) is 18.0 Å². The minimum atomic E-state index is -0.274. The molecular weight excluding hydrogens is 384 g/mol. The Morgan fingerprint density at radius 3 is 2.64 bits per heavy atom. The van der Waals surface area contributed by atoms with Crippen molar-refractivity contribution in [1.82, 2.24) is 20.0 Å². The van der Waals surface area contributed by atoms with Gasteiger partial charge in [0.1, 0.15) is 12.2 Å². The van der Waals surface area contributed by atoms with E-state index in [1.165, 1.54) is 0 Å². The molecule has 0 atom stereocenters. The lowest BCUT2D eigenvalue weighted by molar-refractivity contribution is -0.123. The molecule has 0 unspecified atom stereocenters. The summed E-state index contributed by atoms with van der Waals surface area (Å²) in [5, 5.41) is 6.98. The molecule has 6 nitrogen and oxygen atoms in total. The summed E-state index contributed by atoms with van der Waals surface area (Å²) in [4.78, 5) is 16.6. The molecule has 3 rings (SSSR count). The molecule has 0 aliphatic carbocycles.